The number of carbonyl (C=O) groups is 2. The minimum absolute atomic E-state index is 0.0673. The van der Waals surface area contributed by atoms with Crippen LogP contribution in [0.1, 0.15) is 36.3 Å². The van der Waals surface area contributed by atoms with E-state index in [9.17, 15) is 9.59 Å². The van der Waals surface area contributed by atoms with Gasteiger partial charge in [0.15, 0.2) is 5.82 Å². The van der Waals surface area contributed by atoms with Gasteiger partial charge in [-0.05, 0) is 25.9 Å². The van der Waals surface area contributed by atoms with Gasteiger partial charge >= 0.3 is 11.8 Å². The smallest absolute Gasteiger partial charge is 0.315 e. The zero-order chi connectivity index (χ0) is 14.5. The van der Waals surface area contributed by atoms with E-state index in [0.717, 1.165) is 19.6 Å². The standard InChI is InChI=1S/C12H19N5O3/c1-8(7-17-4-2-3-5-17)11(19)14-6-9-15-12(10(13)18)20-16-9/h8H,2-7H2,1H3,(H2,13,18)(H,14,19). The average molecular weight is 281 g/mol. The number of amides is 2. The molecule has 0 bridgehead atoms. The van der Waals surface area contributed by atoms with E-state index in [2.05, 4.69) is 24.9 Å². The van der Waals surface area contributed by atoms with E-state index in [0.29, 0.717) is 0 Å². The molecule has 1 unspecified atom stereocenters. The second-order valence-corrected chi connectivity index (χ2v) is 5.01. The van der Waals surface area contributed by atoms with E-state index in [1.165, 1.54) is 12.8 Å². The number of primary amides is 1. The molecule has 0 aromatic carbocycles. The zero-order valence-corrected chi connectivity index (χ0v) is 11.5. The van der Waals surface area contributed by atoms with Gasteiger partial charge in [0.25, 0.3) is 0 Å². The van der Waals surface area contributed by atoms with Crippen LogP contribution < -0.4 is 11.1 Å². The van der Waals surface area contributed by atoms with Crippen LogP contribution in [-0.2, 0) is 11.3 Å². The summed E-state index contributed by atoms with van der Waals surface area (Å²) >= 11 is 0. The Balaban J connectivity index is 1.76. The Labute approximate surface area is 116 Å². The van der Waals surface area contributed by atoms with Crippen molar-refractivity contribution < 1.29 is 14.1 Å². The SMILES string of the molecule is CC(CN1CCCC1)C(=O)NCc1noc(C(N)=O)n1. The number of likely N-dealkylation sites (tertiary alicyclic amines) is 1. The fraction of sp³-hybridized carbons (Fsp3) is 0.667. The number of carbonyl (C=O) groups excluding carboxylic acids is 2. The van der Waals surface area contributed by atoms with Gasteiger partial charge in [0.1, 0.15) is 0 Å². The van der Waals surface area contributed by atoms with Crippen molar-refractivity contribution in [1.82, 2.24) is 20.4 Å². The fourth-order valence-corrected chi connectivity index (χ4v) is 2.20. The number of hydrogen-bond donors (Lipinski definition) is 2. The van der Waals surface area contributed by atoms with Crippen LogP contribution >= 0.6 is 0 Å². The summed E-state index contributed by atoms with van der Waals surface area (Å²) in [5.41, 5.74) is 4.99. The van der Waals surface area contributed by atoms with Gasteiger partial charge in [0.2, 0.25) is 5.91 Å². The predicted octanol–water partition coefficient (Wildman–Crippen LogP) is -0.483. The van der Waals surface area contributed by atoms with Crippen molar-refractivity contribution in [3.63, 3.8) is 0 Å². The highest BCUT2D eigenvalue weighted by molar-refractivity contribution is 5.87. The van der Waals surface area contributed by atoms with Crippen LogP contribution in [0.3, 0.4) is 0 Å². The number of aromatic nitrogens is 2. The van der Waals surface area contributed by atoms with Crippen molar-refractivity contribution in [1.29, 1.82) is 0 Å². The van der Waals surface area contributed by atoms with Gasteiger partial charge in [-0.2, -0.15) is 4.98 Å². The number of nitrogens with two attached hydrogens (primary N) is 1. The molecule has 2 rings (SSSR count). The minimum atomic E-state index is -0.780. The van der Waals surface area contributed by atoms with E-state index in [1.54, 1.807) is 0 Å². The molecule has 8 nitrogen and oxygen atoms in total. The maximum absolute atomic E-state index is 11.9. The van der Waals surface area contributed by atoms with Crippen LogP contribution in [0.2, 0.25) is 0 Å². The molecule has 1 aliphatic rings. The highest BCUT2D eigenvalue weighted by Gasteiger charge is 2.20. The molecular weight excluding hydrogens is 262 g/mol. The highest BCUT2D eigenvalue weighted by atomic mass is 16.5. The minimum Gasteiger partial charge on any atom is -0.361 e. The average Bonchev–Trinajstić information content (AvgIpc) is 3.06. The van der Waals surface area contributed by atoms with Crippen molar-refractivity contribution in [3.05, 3.63) is 11.7 Å². The zero-order valence-electron chi connectivity index (χ0n) is 11.5. The third-order valence-corrected chi connectivity index (χ3v) is 3.28. The van der Waals surface area contributed by atoms with E-state index in [1.807, 2.05) is 6.92 Å². The predicted molar refractivity (Wildman–Crippen MR) is 69.5 cm³/mol. The third kappa shape index (κ3) is 3.77. The third-order valence-electron chi connectivity index (χ3n) is 3.28. The molecule has 1 aliphatic heterocycles. The van der Waals surface area contributed by atoms with Crippen LogP contribution in [0.4, 0.5) is 0 Å². The van der Waals surface area contributed by atoms with Gasteiger partial charge in [-0.3, -0.25) is 9.59 Å². The van der Waals surface area contributed by atoms with E-state index < -0.39 is 5.91 Å². The van der Waals surface area contributed by atoms with E-state index >= 15 is 0 Å². The Bertz CT molecular complexity index is 481. The number of hydrogen-bond acceptors (Lipinski definition) is 6. The molecule has 3 N–H and O–H groups in total. The first kappa shape index (κ1) is 14.4. The Kier molecular flexibility index (Phi) is 4.67. The first-order valence-corrected chi connectivity index (χ1v) is 6.68. The molecule has 2 heterocycles. The molecule has 2 amide bonds. The Morgan fingerprint density at radius 2 is 2.15 bits per heavy atom. The number of nitrogens with one attached hydrogen (secondary N) is 1. The molecule has 1 saturated heterocycles. The second-order valence-electron chi connectivity index (χ2n) is 5.01. The highest BCUT2D eigenvalue weighted by Crippen LogP contribution is 2.10. The summed E-state index contributed by atoms with van der Waals surface area (Å²) in [6, 6.07) is 0. The lowest BCUT2D eigenvalue weighted by Gasteiger charge is -2.19. The summed E-state index contributed by atoms with van der Waals surface area (Å²) in [4.78, 5) is 28.8. The molecule has 0 spiro atoms. The Morgan fingerprint density at radius 1 is 1.45 bits per heavy atom. The number of rotatable bonds is 6. The maximum Gasteiger partial charge on any atom is 0.315 e. The molecule has 0 aliphatic carbocycles. The van der Waals surface area contributed by atoms with Crippen molar-refractivity contribution >= 4 is 11.8 Å². The summed E-state index contributed by atoms with van der Waals surface area (Å²) in [6.45, 7) is 4.89. The second kappa shape index (κ2) is 6.47. The lowest BCUT2D eigenvalue weighted by Crippen LogP contribution is -2.36. The van der Waals surface area contributed by atoms with Crippen LogP contribution in [0.15, 0.2) is 4.52 Å². The largest absolute Gasteiger partial charge is 0.361 e. The van der Waals surface area contributed by atoms with Crippen molar-refractivity contribution in [3.8, 4) is 0 Å². The Hall–Kier alpha value is -1.96. The Morgan fingerprint density at radius 3 is 2.75 bits per heavy atom. The first-order chi connectivity index (χ1) is 9.56. The summed E-state index contributed by atoms with van der Waals surface area (Å²) in [5.74, 6) is -0.963. The van der Waals surface area contributed by atoms with Crippen LogP contribution in [0, 0.1) is 5.92 Å². The fourth-order valence-electron chi connectivity index (χ4n) is 2.20. The molecule has 110 valence electrons. The van der Waals surface area contributed by atoms with Crippen molar-refractivity contribution in [2.45, 2.75) is 26.3 Å². The molecule has 1 aromatic rings. The van der Waals surface area contributed by atoms with Gasteiger partial charge in [-0.25, -0.2) is 0 Å². The topological polar surface area (TPSA) is 114 Å². The van der Waals surface area contributed by atoms with E-state index in [-0.39, 0.29) is 30.1 Å². The summed E-state index contributed by atoms with van der Waals surface area (Å²) < 4.78 is 4.63. The first-order valence-electron chi connectivity index (χ1n) is 6.68. The molecular formula is C12H19N5O3. The van der Waals surface area contributed by atoms with Gasteiger partial charge in [-0.1, -0.05) is 12.1 Å². The van der Waals surface area contributed by atoms with Crippen molar-refractivity contribution in [2.75, 3.05) is 19.6 Å². The lowest BCUT2D eigenvalue weighted by atomic mass is 10.1. The van der Waals surface area contributed by atoms with E-state index in [4.69, 9.17) is 5.73 Å². The summed E-state index contributed by atoms with van der Waals surface area (Å²) in [6.07, 6.45) is 2.40. The van der Waals surface area contributed by atoms with Gasteiger partial charge in [0.05, 0.1) is 6.54 Å². The molecule has 1 fully saturated rings. The summed E-state index contributed by atoms with van der Waals surface area (Å²) in [7, 11) is 0. The van der Waals surface area contributed by atoms with Gasteiger partial charge in [0, 0.05) is 12.5 Å². The molecule has 0 radical (unpaired) electrons. The normalized spacial score (nSPS) is 17.1. The van der Waals surface area contributed by atoms with Gasteiger partial charge < -0.3 is 20.5 Å². The molecule has 1 aromatic heterocycles. The molecule has 1 atom stereocenters. The number of nitrogens with zero attached hydrogens (tertiary/aromatic N) is 3. The summed E-state index contributed by atoms with van der Waals surface area (Å²) in [5, 5.41) is 6.28. The van der Waals surface area contributed by atoms with Crippen LogP contribution in [0.25, 0.3) is 0 Å². The van der Waals surface area contributed by atoms with Crippen LogP contribution in [-0.4, -0.2) is 46.5 Å². The van der Waals surface area contributed by atoms with Crippen molar-refractivity contribution in [2.24, 2.45) is 11.7 Å². The van der Waals surface area contributed by atoms with Crippen LogP contribution in [0.5, 0.6) is 0 Å². The van der Waals surface area contributed by atoms with Gasteiger partial charge in [-0.15, -0.1) is 0 Å². The lowest BCUT2D eigenvalue weighted by molar-refractivity contribution is -0.125. The molecule has 8 heteroatoms. The molecule has 0 saturated carbocycles. The maximum atomic E-state index is 11.9. The monoisotopic (exact) mass is 281 g/mol. The molecule has 20 heavy (non-hydrogen) atoms. The quantitative estimate of drug-likeness (QED) is 0.727.